The summed E-state index contributed by atoms with van der Waals surface area (Å²) in [5.74, 6) is 1.14. The van der Waals surface area contributed by atoms with Crippen molar-refractivity contribution in [1.82, 2.24) is 0 Å². The molecule has 1 aliphatic carbocycles. The first-order chi connectivity index (χ1) is 9.49. The molecule has 108 valence electrons. The van der Waals surface area contributed by atoms with Gasteiger partial charge >= 0.3 is 0 Å². The summed E-state index contributed by atoms with van der Waals surface area (Å²) in [6, 6.07) is 3.23. The number of carbonyl (C=O) groups is 1. The van der Waals surface area contributed by atoms with Gasteiger partial charge in [0, 0.05) is 24.0 Å². The summed E-state index contributed by atoms with van der Waals surface area (Å²) in [5, 5.41) is 10.8. The Morgan fingerprint density at radius 2 is 2.10 bits per heavy atom. The zero-order valence-electron chi connectivity index (χ0n) is 11.8. The highest BCUT2D eigenvalue weighted by atomic mass is 16.6. The minimum Gasteiger partial charge on any atom is -0.493 e. The van der Waals surface area contributed by atoms with Crippen molar-refractivity contribution < 1.29 is 14.5 Å². The van der Waals surface area contributed by atoms with Gasteiger partial charge < -0.3 is 4.74 Å². The number of rotatable bonds is 5. The normalized spacial score (nSPS) is 18.3. The molecule has 5 nitrogen and oxygen atoms in total. The van der Waals surface area contributed by atoms with Crippen LogP contribution in [0, 0.1) is 29.9 Å². The molecule has 1 aromatic rings. The van der Waals surface area contributed by atoms with E-state index in [-0.39, 0.29) is 16.5 Å². The van der Waals surface area contributed by atoms with Crippen LogP contribution in [0.15, 0.2) is 12.1 Å². The average Bonchev–Trinajstić information content (AvgIpc) is 2.78. The number of aryl methyl sites for hydroxylation is 2. The van der Waals surface area contributed by atoms with Gasteiger partial charge in [-0.2, -0.15) is 0 Å². The fourth-order valence-electron chi connectivity index (χ4n) is 2.63. The summed E-state index contributed by atoms with van der Waals surface area (Å²) < 4.78 is 5.69. The number of hydrogen-bond donors (Lipinski definition) is 0. The maximum absolute atomic E-state index is 11.5. The number of hydrogen-bond acceptors (Lipinski definition) is 4. The number of benzene rings is 1. The Balaban J connectivity index is 1.97. The van der Waals surface area contributed by atoms with Crippen LogP contribution in [-0.2, 0) is 4.79 Å². The van der Waals surface area contributed by atoms with Gasteiger partial charge in [-0.15, -0.1) is 0 Å². The Kier molecular flexibility index (Phi) is 4.37. The Morgan fingerprint density at radius 1 is 1.35 bits per heavy atom. The average molecular weight is 277 g/mol. The lowest BCUT2D eigenvalue weighted by Gasteiger charge is -2.12. The highest BCUT2D eigenvalue weighted by Crippen LogP contribution is 2.29. The first-order valence-electron chi connectivity index (χ1n) is 6.90. The fraction of sp³-hybridized carbons (Fsp3) is 0.533. The van der Waals surface area contributed by atoms with Crippen molar-refractivity contribution in [3.05, 3.63) is 33.4 Å². The van der Waals surface area contributed by atoms with E-state index in [1.54, 1.807) is 19.9 Å². The van der Waals surface area contributed by atoms with E-state index in [1.165, 1.54) is 6.07 Å². The van der Waals surface area contributed by atoms with Gasteiger partial charge in [0.05, 0.1) is 11.5 Å². The third kappa shape index (κ3) is 3.15. The lowest BCUT2D eigenvalue weighted by Crippen LogP contribution is -2.11. The summed E-state index contributed by atoms with van der Waals surface area (Å²) in [7, 11) is 0. The molecular weight excluding hydrogens is 258 g/mol. The molecular formula is C15H19NO4. The van der Waals surface area contributed by atoms with Crippen molar-refractivity contribution in [2.75, 3.05) is 6.61 Å². The van der Waals surface area contributed by atoms with Crippen LogP contribution >= 0.6 is 0 Å². The SMILES string of the molecule is Cc1cc([N+](=O)[O-])c(C)cc1OCCC1CCCC1=O. The van der Waals surface area contributed by atoms with Gasteiger partial charge in [0.25, 0.3) is 5.69 Å². The molecule has 1 atom stereocenters. The maximum Gasteiger partial charge on any atom is 0.272 e. The molecule has 0 heterocycles. The molecule has 1 aromatic carbocycles. The van der Waals surface area contributed by atoms with E-state index in [0.29, 0.717) is 30.1 Å². The molecule has 5 heteroatoms. The van der Waals surface area contributed by atoms with Gasteiger partial charge in [-0.3, -0.25) is 14.9 Å². The first-order valence-corrected chi connectivity index (χ1v) is 6.90. The monoisotopic (exact) mass is 277 g/mol. The van der Waals surface area contributed by atoms with Gasteiger partial charge in [0.15, 0.2) is 0 Å². The third-order valence-electron chi connectivity index (χ3n) is 3.85. The zero-order valence-corrected chi connectivity index (χ0v) is 11.8. The van der Waals surface area contributed by atoms with E-state index in [1.807, 2.05) is 0 Å². The van der Waals surface area contributed by atoms with Crippen molar-refractivity contribution in [3.63, 3.8) is 0 Å². The zero-order chi connectivity index (χ0) is 14.7. The largest absolute Gasteiger partial charge is 0.493 e. The molecule has 2 rings (SSSR count). The van der Waals surface area contributed by atoms with Crippen LogP contribution in [0.1, 0.15) is 36.8 Å². The lowest BCUT2D eigenvalue weighted by molar-refractivity contribution is -0.385. The number of nitro benzene ring substituents is 1. The molecule has 0 N–H and O–H groups in total. The summed E-state index contributed by atoms with van der Waals surface area (Å²) in [4.78, 5) is 22.0. The predicted molar refractivity (Wildman–Crippen MR) is 75.0 cm³/mol. The molecule has 0 amide bonds. The van der Waals surface area contributed by atoms with Crippen LogP contribution in [0.3, 0.4) is 0 Å². The summed E-state index contributed by atoms with van der Waals surface area (Å²) in [5.41, 5.74) is 1.45. The second-order valence-electron chi connectivity index (χ2n) is 5.35. The Bertz CT molecular complexity index is 539. The molecule has 0 aromatic heterocycles. The maximum atomic E-state index is 11.5. The van der Waals surface area contributed by atoms with E-state index in [2.05, 4.69) is 0 Å². The molecule has 1 unspecified atom stereocenters. The van der Waals surface area contributed by atoms with Crippen LogP contribution < -0.4 is 4.74 Å². The van der Waals surface area contributed by atoms with Crippen LogP contribution in [0.5, 0.6) is 5.75 Å². The van der Waals surface area contributed by atoms with Crippen molar-refractivity contribution in [1.29, 1.82) is 0 Å². The molecule has 0 radical (unpaired) electrons. The van der Waals surface area contributed by atoms with Gasteiger partial charge in [0.2, 0.25) is 0 Å². The number of ether oxygens (including phenoxy) is 1. The minimum atomic E-state index is -0.386. The fourth-order valence-corrected chi connectivity index (χ4v) is 2.63. The highest BCUT2D eigenvalue weighted by Gasteiger charge is 2.24. The van der Waals surface area contributed by atoms with Crippen LogP contribution in [-0.4, -0.2) is 17.3 Å². The van der Waals surface area contributed by atoms with E-state index in [0.717, 1.165) is 24.8 Å². The third-order valence-corrected chi connectivity index (χ3v) is 3.85. The predicted octanol–water partition coefficient (Wildman–Crippen LogP) is 3.35. The molecule has 0 aliphatic heterocycles. The second kappa shape index (κ2) is 6.03. The number of nitro groups is 1. The van der Waals surface area contributed by atoms with E-state index >= 15 is 0 Å². The van der Waals surface area contributed by atoms with Crippen LogP contribution in [0.4, 0.5) is 5.69 Å². The molecule has 1 aliphatic rings. The quantitative estimate of drug-likeness (QED) is 0.611. The number of ketones is 1. The molecule has 1 fully saturated rings. The minimum absolute atomic E-state index is 0.112. The molecule has 0 saturated heterocycles. The summed E-state index contributed by atoms with van der Waals surface area (Å²) >= 11 is 0. The highest BCUT2D eigenvalue weighted by molar-refractivity contribution is 5.82. The molecule has 20 heavy (non-hydrogen) atoms. The van der Waals surface area contributed by atoms with Crippen LogP contribution in [0.2, 0.25) is 0 Å². The van der Waals surface area contributed by atoms with Gasteiger partial charge in [-0.1, -0.05) is 0 Å². The Morgan fingerprint density at radius 3 is 2.70 bits per heavy atom. The van der Waals surface area contributed by atoms with E-state index in [4.69, 9.17) is 4.74 Å². The van der Waals surface area contributed by atoms with Crippen molar-refractivity contribution in [3.8, 4) is 5.75 Å². The summed E-state index contributed by atoms with van der Waals surface area (Å²) in [6.07, 6.45) is 3.37. The van der Waals surface area contributed by atoms with Crippen molar-refractivity contribution in [2.24, 2.45) is 5.92 Å². The Labute approximate surface area is 118 Å². The van der Waals surface area contributed by atoms with Crippen molar-refractivity contribution in [2.45, 2.75) is 39.5 Å². The van der Waals surface area contributed by atoms with Crippen molar-refractivity contribution >= 4 is 11.5 Å². The summed E-state index contributed by atoms with van der Waals surface area (Å²) in [6.45, 7) is 3.97. The number of nitrogens with zero attached hydrogens (tertiary/aromatic N) is 1. The Hall–Kier alpha value is -1.91. The topological polar surface area (TPSA) is 69.4 Å². The van der Waals surface area contributed by atoms with E-state index in [9.17, 15) is 14.9 Å². The van der Waals surface area contributed by atoms with Gasteiger partial charge in [0.1, 0.15) is 11.5 Å². The van der Waals surface area contributed by atoms with E-state index < -0.39 is 0 Å². The van der Waals surface area contributed by atoms with Gasteiger partial charge in [-0.25, -0.2) is 0 Å². The standard InChI is InChI=1S/C15H19NO4/c1-10-9-15(11(2)8-13(10)16(18)19)20-7-6-12-4-3-5-14(12)17/h8-9,12H,3-7H2,1-2H3. The van der Waals surface area contributed by atoms with Crippen LogP contribution in [0.25, 0.3) is 0 Å². The molecule has 1 saturated carbocycles. The smallest absolute Gasteiger partial charge is 0.272 e. The number of carbonyl (C=O) groups excluding carboxylic acids is 1. The molecule has 0 bridgehead atoms. The lowest BCUT2D eigenvalue weighted by atomic mass is 10.0. The number of Topliss-reactive ketones (excluding diaryl/α,β-unsaturated/α-hetero) is 1. The van der Waals surface area contributed by atoms with Gasteiger partial charge in [-0.05, 0) is 44.7 Å². The first kappa shape index (κ1) is 14.5. The second-order valence-corrected chi connectivity index (χ2v) is 5.35. The molecule has 0 spiro atoms.